The summed E-state index contributed by atoms with van der Waals surface area (Å²) < 4.78 is 5.17. The standard InChI is InChI=1S/C26H32N4O2S/c1-18-12-19(2)15-30(14-18)16-22-10-8-21(9-11-22)13-27-26(31)23-6-4-5-7-24(23)33-17-25-28-20(3)29-32-25/h4-11,18-19H,12-17H2,1-3H3,(H,27,31)/t18-,19-/m1/s1. The first kappa shape index (κ1) is 23.5. The fraction of sp³-hybridized carbons (Fsp3) is 0.423. The van der Waals surface area contributed by atoms with Gasteiger partial charge in [0.25, 0.3) is 5.91 Å². The van der Waals surface area contributed by atoms with Gasteiger partial charge in [0.05, 0.1) is 11.3 Å². The zero-order valence-corrected chi connectivity index (χ0v) is 20.4. The number of carbonyl (C=O) groups is 1. The molecule has 2 atom stereocenters. The Kier molecular flexibility index (Phi) is 7.83. The summed E-state index contributed by atoms with van der Waals surface area (Å²) in [5.74, 6) is 3.14. The third-order valence-electron chi connectivity index (χ3n) is 5.88. The Hall–Kier alpha value is -2.64. The monoisotopic (exact) mass is 464 g/mol. The number of thioether (sulfide) groups is 1. The van der Waals surface area contributed by atoms with Gasteiger partial charge < -0.3 is 9.84 Å². The molecule has 1 aliphatic heterocycles. The minimum Gasteiger partial charge on any atom is -0.348 e. The molecule has 7 heteroatoms. The number of hydrogen-bond donors (Lipinski definition) is 1. The molecule has 0 aliphatic carbocycles. The van der Waals surface area contributed by atoms with E-state index in [-0.39, 0.29) is 5.91 Å². The summed E-state index contributed by atoms with van der Waals surface area (Å²) in [6.45, 7) is 10.3. The fourth-order valence-electron chi connectivity index (χ4n) is 4.54. The average Bonchev–Trinajstić information content (AvgIpc) is 3.21. The van der Waals surface area contributed by atoms with E-state index in [2.05, 4.69) is 58.5 Å². The lowest BCUT2D eigenvalue weighted by atomic mass is 9.91. The molecule has 0 spiro atoms. The summed E-state index contributed by atoms with van der Waals surface area (Å²) >= 11 is 1.52. The van der Waals surface area contributed by atoms with Crippen LogP contribution < -0.4 is 5.32 Å². The lowest BCUT2D eigenvalue weighted by Gasteiger charge is -2.35. The minimum atomic E-state index is -0.0832. The molecule has 2 heterocycles. The van der Waals surface area contributed by atoms with Gasteiger partial charge in [-0.3, -0.25) is 9.69 Å². The number of aryl methyl sites for hydroxylation is 1. The highest BCUT2D eigenvalue weighted by atomic mass is 32.2. The van der Waals surface area contributed by atoms with Gasteiger partial charge in [-0.05, 0) is 48.4 Å². The van der Waals surface area contributed by atoms with E-state index >= 15 is 0 Å². The Balaban J connectivity index is 1.30. The Morgan fingerprint density at radius 1 is 1.09 bits per heavy atom. The van der Waals surface area contributed by atoms with Crippen molar-refractivity contribution in [2.75, 3.05) is 13.1 Å². The lowest BCUT2D eigenvalue weighted by molar-refractivity contribution is 0.0948. The first-order chi connectivity index (χ1) is 16.0. The van der Waals surface area contributed by atoms with E-state index in [1.54, 1.807) is 6.92 Å². The second-order valence-electron chi connectivity index (χ2n) is 9.16. The van der Waals surface area contributed by atoms with Crippen molar-refractivity contribution in [1.29, 1.82) is 0 Å². The Bertz CT molecular complexity index is 1060. The molecular weight excluding hydrogens is 432 g/mol. The van der Waals surface area contributed by atoms with E-state index in [0.717, 1.165) is 28.8 Å². The summed E-state index contributed by atoms with van der Waals surface area (Å²) in [7, 11) is 0. The van der Waals surface area contributed by atoms with E-state index in [1.807, 2.05) is 24.3 Å². The predicted molar refractivity (Wildman–Crippen MR) is 131 cm³/mol. The maximum atomic E-state index is 12.9. The molecule has 1 N–H and O–H groups in total. The maximum Gasteiger partial charge on any atom is 0.252 e. The predicted octanol–water partition coefficient (Wildman–Crippen LogP) is 5.08. The Morgan fingerprint density at radius 2 is 1.79 bits per heavy atom. The van der Waals surface area contributed by atoms with Crippen molar-refractivity contribution < 1.29 is 9.32 Å². The van der Waals surface area contributed by atoms with Crippen LogP contribution in [-0.4, -0.2) is 34.0 Å². The SMILES string of the molecule is Cc1noc(CSc2ccccc2C(=O)NCc2ccc(CN3C[C@H](C)C[C@@H](C)C3)cc2)n1. The van der Waals surface area contributed by atoms with Gasteiger partial charge >= 0.3 is 0 Å². The number of benzene rings is 2. The molecule has 0 saturated carbocycles. The second-order valence-corrected chi connectivity index (χ2v) is 10.2. The normalized spacial score (nSPS) is 18.9. The van der Waals surface area contributed by atoms with Crippen molar-refractivity contribution in [2.24, 2.45) is 11.8 Å². The van der Waals surface area contributed by atoms with Crippen LogP contribution in [0, 0.1) is 18.8 Å². The van der Waals surface area contributed by atoms with E-state index in [4.69, 9.17) is 4.52 Å². The van der Waals surface area contributed by atoms with Crippen LogP contribution in [0.2, 0.25) is 0 Å². The third kappa shape index (κ3) is 6.68. The molecule has 0 radical (unpaired) electrons. The molecule has 1 aliphatic rings. The highest BCUT2D eigenvalue weighted by molar-refractivity contribution is 7.98. The van der Waals surface area contributed by atoms with Crippen molar-refractivity contribution in [2.45, 2.75) is 50.9 Å². The molecular formula is C26H32N4O2S. The number of nitrogens with zero attached hydrogens (tertiary/aromatic N) is 3. The maximum absolute atomic E-state index is 12.9. The first-order valence-electron chi connectivity index (χ1n) is 11.6. The number of carbonyl (C=O) groups excluding carboxylic acids is 1. The molecule has 0 unspecified atom stereocenters. The molecule has 6 nitrogen and oxygen atoms in total. The van der Waals surface area contributed by atoms with E-state index in [9.17, 15) is 4.79 Å². The number of piperidine rings is 1. The molecule has 2 aromatic carbocycles. The van der Waals surface area contributed by atoms with Crippen molar-refractivity contribution in [1.82, 2.24) is 20.4 Å². The summed E-state index contributed by atoms with van der Waals surface area (Å²) in [4.78, 5) is 20.5. The van der Waals surface area contributed by atoms with E-state index in [1.165, 1.54) is 36.8 Å². The van der Waals surface area contributed by atoms with Gasteiger partial charge in [-0.2, -0.15) is 4.98 Å². The molecule has 3 aromatic rings. The summed E-state index contributed by atoms with van der Waals surface area (Å²) in [5.41, 5.74) is 3.08. The Morgan fingerprint density at radius 3 is 2.48 bits per heavy atom. The van der Waals surface area contributed by atoms with Gasteiger partial charge in [-0.1, -0.05) is 55.4 Å². The molecule has 1 fully saturated rings. The van der Waals surface area contributed by atoms with Crippen LogP contribution in [0.3, 0.4) is 0 Å². The molecule has 1 amide bonds. The smallest absolute Gasteiger partial charge is 0.252 e. The van der Waals surface area contributed by atoms with Gasteiger partial charge in [-0.25, -0.2) is 0 Å². The van der Waals surface area contributed by atoms with Crippen LogP contribution >= 0.6 is 11.8 Å². The topological polar surface area (TPSA) is 71.3 Å². The number of likely N-dealkylation sites (tertiary alicyclic amines) is 1. The third-order valence-corrected chi connectivity index (χ3v) is 6.94. The average molecular weight is 465 g/mol. The van der Waals surface area contributed by atoms with Crippen LogP contribution in [0.1, 0.15) is 53.5 Å². The van der Waals surface area contributed by atoms with E-state index in [0.29, 0.717) is 29.6 Å². The number of hydrogen-bond acceptors (Lipinski definition) is 6. The van der Waals surface area contributed by atoms with Gasteiger partial charge in [0.1, 0.15) is 0 Å². The number of aromatic nitrogens is 2. The molecule has 0 bridgehead atoms. The van der Waals surface area contributed by atoms with Crippen LogP contribution in [0.5, 0.6) is 0 Å². The largest absolute Gasteiger partial charge is 0.348 e. The summed E-state index contributed by atoms with van der Waals surface area (Å²) in [5, 5.41) is 6.87. The molecule has 4 rings (SSSR count). The minimum absolute atomic E-state index is 0.0832. The van der Waals surface area contributed by atoms with Crippen LogP contribution in [0.15, 0.2) is 57.9 Å². The van der Waals surface area contributed by atoms with Crippen LogP contribution in [-0.2, 0) is 18.8 Å². The van der Waals surface area contributed by atoms with Crippen LogP contribution in [0.4, 0.5) is 0 Å². The zero-order chi connectivity index (χ0) is 23.2. The van der Waals surface area contributed by atoms with Crippen molar-refractivity contribution >= 4 is 17.7 Å². The van der Waals surface area contributed by atoms with Gasteiger partial charge in [0.2, 0.25) is 5.89 Å². The Labute approximate surface area is 200 Å². The molecule has 1 saturated heterocycles. The number of nitrogens with one attached hydrogen (secondary N) is 1. The zero-order valence-electron chi connectivity index (χ0n) is 19.6. The van der Waals surface area contributed by atoms with Gasteiger partial charge in [0, 0.05) is 31.1 Å². The second kappa shape index (κ2) is 11.0. The first-order valence-corrected chi connectivity index (χ1v) is 12.5. The van der Waals surface area contributed by atoms with Crippen molar-refractivity contribution in [3.63, 3.8) is 0 Å². The highest BCUT2D eigenvalue weighted by Crippen LogP contribution is 2.26. The van der Waals surface area contributed by atoms with Crippen molar-refractivity contribution in [3.8, 4) is 0 Å². The lowest BCUT2D eigenvalue weighted by Crippen LogP contribution is -2.38. The fourth-order valence-corrected chi connectivity index (χ4v) is 5.42. The number of rotatable bonds is 8. The van der Waals surface area contributed by atoms with Crippen molar-refractivity contribution in [3.05, 3.63) is 76.9 Å². The summed E-state index contributed by atoms with van der Waals surface area (Å²) in [6, 6.07) is 16.2. The van der Waals surface area contributed by atoms with Crippen LogP contribution in [0.25, 0.3) is 0 Å². The van der Waals surface area contributed by atoms with Gasteiger partial charge in [-0.15, -0.1) is 11.8 Å². The highest BCUT2D eigenvalue weighted by Gasteiger charge is 2.21. The molecule has 174 valence electrons. The number of amides is 1. The summed E-state index contributed by atoms with van der Waals surface area (Å²) in [6.07, 6.45) is 1.33. The molecule has 1 aromatic heterocycles. The van der Waals surface area contributed by atoms with Gasteiger partial charge in [0.15, 0.2) is 5.82 Å². The molecule has 33 heavy (non-hydrogen) atoms. The quantitative estimate of drug-likeness (QED) is 0.469. The van der Waals surface area contributed by atoms with E-state index < -0.39 is 0 Å².